The zero-order valence-electron chi connectivity index (χ0n) is 16.8. The van der Waals surface area contributed by atoms with Gasteiger partial charge in [0.05, 0.1) is 5.92 Å². The lowest BCUT2D eigenvalue weighted by atomic mass is 9.90. The van der Waals surface area contributed by atoms with E-state index >= 15 is 0 Å². The average Bonchev–Trinajstić information content (AvgIpc) is 2.74. The molecular weight excluding hydrogens is 350 g/mol. The smallest absolute Gasteiger partial charge is 0.234 e. The van der Waals surface area contributed by atoms with E-state index in [0.29, 0.717) is 32.6 Å². The van der Waals surface area contributed by atoms with E-state index in [0.717, 1.165) is 17.7 Å². The highest BCUT2D eigenvalue weighted by molar-refractivity contribution is 5.87. The van der Waals surface area contributed by atoms with E-state index in [1.807, 2.05) is 89.5 Å². The first-order valence-electron chi connectivity index (χ1n) is 9.87. The first-order valence-corrected chi connectivity index (χ1v) is 9.87. The molecule has 2 amide bonds. The maximum absolute atomic E-state index is 13.4. The summed E-state index contributed by atoms with van der Waals surface area (Å²) >= 11 is 0. The van der Waals surface area contributed by atoms with Gasteiger partial charge in [0.25, 0.3) is 0 Å². The lowest BCUT2D eigenvalue weighted by Gasteiger charge is -2.37. The number of carbonyl (C=O) groups is 2. The Labute approximate surface area is 167 Å². The molecule has 0 radical (unpaired) electrons. The Kier molecular flexibility index (Phi) is 6.82. The van der Waals surface area contributed by atoms with Crippen molar-refractivity contribution in [1.29, 1.82) is 0 Å². The van der Waals surface area contributed by atoms with Gasteiger partial charge in [0.2, 0.25) is 11.8 Å². The molecule has 0 saturated carbocycles. The predicted octanol–water partition coefficient (Wildman–Crippen LogP) is 2.44. The molecule has 0 N–H and O–H groups in total. The van der Waals surface area contributed by atoms with Gasteiger partial charge in [0.1, 0.15) is 0 Å². The van der Waals surface area contributed by atoms with Crippen molar-refractivity contribution < 1.29 is 9.59 Å². The van der Waals surface area contributed by atoms with Crippen LogP contribution in [-0.4, -0.2) is 73.3 Å². The Hall–Kier alpha value is -2.66. The molecule has 1 fully saturated rings. The van der Waals surface area contributed by atoms with Gasteiger partial charge in [-0.15, -0.1) is 0 Å². The third-order valence-electron chi connectivity index (χ3n) is 5.23. The summed E-state index contributed by atoms with van der Waals surface area (Å²) in [4.78, 5) is 31.6. The monoisotopic (exact) mass is 379 g/mol. The van der Waals surface area contributed by atoms with E-state index < -0.39 is 0 Å². The molecule has 5 heteroatoms. The maximum Gasteiger partial charge on any atom is 0.234 e. The van der Waals surface area contributed by atoms with Crippen LogP contribution in [0.15, 0.2) is 60.7 Å². The summed E-state index contributed by atoms with van der Waals surface area (Å²) in [5.74, 6) is -0.0281. The van der Waals surface area contributed by atoms with Crippen LogP contribution in [0.4, 0.5) is 0 Å². The van der Waals surface area contributed by atoms with Crippen molar-refractivity contribution in [1.82, 2.24) is 14.7 Å². The number of piperazine rings is 1. The molecule has 28 heavy (non-hydrogen) atoms. The molecule has 1 aliphatic rings. The van der Waals surface area contributed by atoms with Crippen molar-refractivity contribution in [2.75, 3.05) is 46.8 Å². The summed E-state index contributed by atoms with van der Waals surface area (Å²) in [7, 11) is 3.94. The Bertz CT molecular complexity index is 729. The Morgan fingerprint density at radius 2 is 1.29 bits per heavy atom. The number of benzene rings is 2. The molecule has 0 aromatic heterocycles. The van der Waals surface area contributed by atoms with Crippen molar-refractivity contribution in [3.8, 4) is 0 Å². The first kappa shape index (κ1) is 20.1. The molecule has 0 aliphatic carbocycles. The second-order valence-electron chi connectivity index (χ2n) is 7.51. The normalized spacial score (nSPS) is 14.6. The molecule has 1 aliphatic heterocycles. The van der Waals surface area contributed by atoms with Gasteiger partial charge >= 0.3 is 0 Å². The average molecular weight is 380 g/mol. The first-order chi connectivity index (χ1) is 13.6. The molecular formula is C23H29N3O2. The van der Waals surface area contributed by atoms with Gasteiger partial charge in [0.15, 0.2) is 0 Å². The van der Waals surface area contributed by atoms with Crippen molar-refractivity contribution in [3.05, 3.63) is 71.8 Å². The third kappa shape index (κ3) is 4.98. The van der Waals surface area contributed by atoms with Crippen LogP contribution in [0.2, 0.25) is 0 Å². The molecule has 3 rings (SSSR count). The van der Waals surface area contributed by atoms with Crippen LogP contribution in [-0.2, 0) is 9.59 Å². The van der Waals surface area contributed by atoms with Gasteiger partial charge in [-0.3, -0.25) is 9.59 Å². The van der Waals surface area contributed by atoms with E-state index in [1.165, 1.54) is 0 Å². The molecule has 2 aromatic rings. The van der Waals surface area contributed by atoms with Gasteiger partial charge in [0, 0.05) is 39.1 Å². The van der Waals surface area contributed by atoms with E-state index in [1.54, 1.807) is 0 Å². The Morgan fingerprint density at radius 3 is 1.75 bits per heavy atom. The van der Waals surface area contributed by atoms with Crippen LogP contribution in [0, 0.1) is 0 Å². The van der Waals surface area contributed by atoms with Crippen LogP contribution >= 0.6 is 0 Å². The molecule has 0 bridgehead atoms. The minimum atomic E-state index is -0.307. The summed E-state index contributed by atoms with van der Waals surface area (Å²) in [6.07, 6.45) is 0.525. The Morgan fingerprint density at radius 1 is 0.821 bits per heavy atom. The maximum atomic E-state index is 13.4. The third-order valence-corrected chi connectivity index (χ3v) is 5.23. The zero-order chi connectivity index (χ0) is 19.9. The number of hydrogen-bond acceptors (Lipinski definition) is 3. The van der Waals surface area contributed by atoms with Gasteiger partial charge in [-0.05, 0) is 25.2 Å². The van der Waals surface area contributed by atoms with Crippen LogP contribution in [0.1, 0.15) is 23.5 Å². The predicted molar refractivity (Wildman–Crippen MR) is 111 cm³/mol. The summed E-state index contributed by atoms with van der Waals surface area (Å²) in [5, 5.41) is 0. The van der Waals surface area contributed by atoms with Crippen LogP contribution < -0.4 is 0 Å². The van der Waals surface area contributed by atoms with E-state index in [2.05, 4.69) is 0 Å². The van der Waals surface area contributed by atoms with Gasteiger partial charge in [-0.25, -0.2) is 0 Å². The highest BCUT2D eigenvalue weighted by Gasteiger charge is 2.30. The summed E-state index contributed by atoms with van der Waals surface area (Å²) < 4.78 is 0. The molecule has 0 atom stereocenters. The minimum absolute atomic E-state index is 0.109. The largest absolute Gasteiger partial charge is 0.339 e. The summed E-state index contributed by atoms with van der Waals surface area (Å²) in [6.45, 7) is 3.13. The van der Waals surface area contributed by atoms with Crippen molar-refractivity contribution >= 4 is 11.8 Å². The fraction of sp³-hybridized carbons (Fsp3) is 0.391. The van der Waals surface area contributed by atoms with Gasteiger partial charge in [-0.1, -0.05) is 60.7 Å². The van der Waals surface area contributed by atoms with E-state index in [9.17, 15) is 9.59 Å². The van der Waals surface area contributed by atoms with E-state index in [4.69, 9.17) is 0 Å². The molecule has 1 saturated heterocycles. The fourth-order valence-corrected chi connectivity index (χ4v) is 3.60. The SMILES string of the molecule is CN(C)CCC(=O)N1CCN(C(=O)C(c2ccccc2)c2ccccc2)CC1. The molecule has 0 spiro atoms. The molecule has 1 heterocycles. The van der Waals surface area contributed by atoms with Crippen LogP contribution in [0.3, 0.4) is 0 Å². The number of nitrogens with zero attached hydrogens (tertiary/aromatic N) is 3. The van der Waals surface area contributed by atoms with Crippen molar-refractivity contribution in [2.24, 2.45) is 0 Å². The molecule has 5 nitrogen and oxygen atoms in total. The zero-order valence-corrected chi connectivity index (χ0v) is 16.8. The molecule has 2 aromatic carbocycles. The highest BCUT2D eigenvalue weighted by Crippen LogP contribution is 2.27. The molecule has 148 valence electrons. The fourth-order valence-electron chi connectivity index (χ4n) is 3.60. The van der Waals surface area contributed by atoms with Crippen LogP contribution in [0.25, 0.3) is 0 Å². The lowest BCUT2D eigenvalue weighted by molar-refractivity contribution is -0.140. The Balaban J connectivity index is 1.69. The summed E-state index contributed by atoms with van der Waals surface area (Å²) in [6, 6.07) is 19.9. The number of rotatable bonds is 6. The van der Waals surface area contributed by atoms with Gasteiger partial charge in [-0.2, -0.15) is 0 Å². The summed E-state index contributed by atoms with van der Waals surface area (Å²) in [5.41, 5.74) is 2.01. The number of hydrogen-bond donors (Lipinski definition) is 0. The van der Waals surface area contributed by atoms with Crippen LogP contribution in [0.5, 0.6) is 0 Å². The number of amides is 2. The second-order valence-corrected chi connectivity index (χ2v) is 7.51. The topological polar surface area (TPSA) is 43.9 Å². The molecule has 0 unspecified atom stereocenters. The van der Waals surface area contributed by atoms with Crippen molar-refractivity contribution in [3.63, 3.8) is 0 Å². The minimum Gasteiger partial charge on any atom is -0.339 e. The van der Waals surface area contributed by atoms with E-state index in [-0.39, 0.29) is 17.7 Å². The standard InChI is InChI=1S/C23H29N3O2/c1-24(2)14-13-21(27)25-15-17-26(18-16-25)23(28)22(19-9-5-3-6-10-19)20-11-7-4-8-12-20/h3-12,22H,13-18H2,1-2H3. The second kappa shape index (κ2) is 9.51. The quantitative estimate of drug-likeness (QED) is 0.774. The highest BCUT2D eigenvalue weighted by atomic mass is 16.2. The lowest BCUT2D eigenvalue weighted by Crippen LogP contribution is -2.52. The number of carbonyl (C=O) groups excluding carboxylic acids is 2. The van der Waals surface area contributed by atoms with Crippen molar-refractivity contribution in [2.45, 2.75) is 12.3 Å². The van der Waals surface area contributed by atoms with Gasteiger partial charge < -0.3 is 14.7 Å².